The zero-order valence-electron chi connectivity index (χ0n) is 8.14. The molecule has 1 aromatic carbocycles. The highest BCUT2D eigenvalue weighted by molar-refractivity contribution is 9.10. The highest BCUT2D eigenvalue weighted by Crippen LogP contribution is 2.28. The Kier molecular flexibility index (Phi) is 2.97. The van der Waals surface area contributed by atoms with E-state index in [1.54, 1.807) is 18.5 Å². The van der Waals surface area contributed by atoms with Crippen LogP contribution in [0.15, 0.2) is 41.1 Å². The smallest absolute Gasteiger partial charge is 0.321 e. The van der Waals surface area contributed by atoms with Crippen molar-refractivity contribution < 1.29 is 4.74 Å². The minimum absolute atomic E-state index is 0.349. The summed E-state index contributed by atoms with van der Waals surface area (Å²) in [5.41, 5.74) is 1.17. The van der Waals surface area contributed by atoms with Crippen LogP contribution in [-0.2, 0) is 0 Å². The topological polar surface area (TPSA) is 35.0 Å². The largest absolute Gasteiger partial charge is 0.423 e. The van der Waals surface area contributed by atoms with E-state index in [1.807, 2.05) is 25.1 Å². The van der Waals surface area contributed by atoms with Crippen molar-refractivity contribution >= 4 is 15.9 Å². The Morgan fingerprint density at radius 2 is 1.93 bits per heavy atom. The Labute approximate surface area is 96.3 Å². The maximum atomic E-state index is 5.50. The molecule has 2 aromatic rings. The molecule has 0 bridgehead atoms. The van der Waals surface area contributed by atoms with E-state index in [2.05, 4.69) is 25.9 Å². The summed E-state index contributed by atoms with van der Waals surface area (Å²) in [6.07, 6.45) is 3.29. The summed E-state index contributed by atoms with van der Waals surface area (Å²) in [6, 6.07) is 7.94. The number of ether oxygens (including phenoxy) is 1. The number of aryl methyl sites for hydroxylation is 1. The van der Waals surface area contributed by atoms with E-state index in [1.165, 1.54) is 5.56 Å². The number of hydrogen-bond donors (Lipinski definition) is 0. The molecule has 0 fully saturated rings. The molecule has 0 unspecified atom stereocenters. The molecule has 15 heavy (non-hydrogen) atoms. The first-order valence-electron chi connectivity index (χ1n) is 4.47. The molecule has 4 heteroatoms. The minimum Gasteiger partial charge on any atom is -0.423 e. The second kappa shape index (κ2) is 4.40. The molecule has 76 valence electrons. The molecule has 0 aliphatic heterocycles. The summed E-state index contributed by atoms with van der Waals surface area (Å²) < 4.78 is 6.39. The molecular weight excluding hydrogens is 256 g/mol. The van der Waals surface area contributed by atoms with Crippen LogP contribution in [0.1, 0.15) is 5.56 Å². The van der Waals surface area contributed by atoms with Crippen LogP contribution in [-0.4, -0.2) is 9.97 Å². The molecule has 3 nitrogen and oxygen atoms in total. The molecule has 0 atom stereocenters. The van der Waals surface area contributed by atoms with E-state index in [0.29, 0.717) is 11.8 Å². The molecule has 0 radical (unpaired) electrons. The lowest BCUT2D eigenvalue weighted by Crippen LogP contribution is -1.91. The molecule has 0 spiro atoms. The minimum atomic E-state index is 0.349. The van der Waals surface area contributed by atoms with Crippen molar-refractivity contribution in [2.45, 2.75) is 6.92 Å². The van der Waals surface area contributed by atoms with Gasteiger partial charge in [-0.2, -0.15) is 0 Å². The maximum absolute atomic E-state index is 5.50. The van der Waals surface area contributed by atoms with Gasteiger partial charge in [0.2, 0.25) is 0 Å². The van der Waals surface area contributed by atoms with Gasteiger partial charge in [-0.15, -0.1) is 0 Å². The summed E-state index contributed by atoms with van der Waals surface area (Å²) >= 11 is 3.42. The predicted octanol–water partition coefficient (Wildman–Crippen LogP) is 3.34. The van der Waals surface area contributed by atoms with Gasteiger partial charge in [0, 0.05) is 12.4 Å². The molecule has 0 amide bonds. The molecule has 0 saturated carbocycles. The second-order valence-electron chi connectivity index (χ2n) is 3.07. The molecule has 0 N–H and O–H groups in total. The fourth-order valence-corrected chi connectivity index (χ4v) is 1.70. The van der Waals surface area contributed by atoms with Crippen molar-refractivity contribution in [2.24, 2.45) is 0 Å². The van der Waals surface area contributed by atoms with Crippen LogP contribution in [0.25, 0.3) is 0 Å². The third-order valence-electron chi connectivity index (χ3n) is 1.83. The van der Waals surface area contributed by atoms with Crippen LogP contribution >= 0.6 is 15.9 Å². The summed E-state index contributed by atoms with van der Waals surface area (Å²) in [5.74, 6) is 0.715. The van der Waals surface area contributed by atoms with E-state index in [-0.39, 0.29) is 0 Å². The van der Waals surface area contributed by atoms with Crippen LogP contribution in [0.5, 0.6) is 11.8 Å². The van der Waals surface area contributed by atoms with Gasteiger partial charge in [-0.1, -0.05) is 6.07 Å². The predicted molar refractivity (Wildman–Crippen MR) is 61.0 cm³/mol. The lowest BCUT2D eigenvalue weighted by atomic mass is 10.2. The summed E-state index contributed by atoms with van der Waals surface area (Å²) in [6.45, 7) is 2.02. The van der Waals surface area contributed by atoms with Gasteiger partial charge >= 0.3 is 6.01 Å². The molecule has 0 aliphatic rings. The first-order chi connectivity index (χ1) is 7.25. The van der Waals surface area contributed by atoms with Gasteiger partial charge < -0.3 is 4.74 Å². The third-order valence-corrected chi connectivity index (χ3v) is 2.45. The number of rotatable bonds is 2. The van der Waals surface area contributed by atoms with Crippen LogP contribution in [0.2, 0.25) is 0 Å². The fourth-order valence-electron chi connectivity index (χ4n) is 1.13. The second-order valence-corrected chi connectivity index (χ2v) is 3.92. The Hall–Kier alpha value is -1.42. The van der Waals surface area contributed by atoms with E-state index >= 15 is 0 Å². The van der Waals surface area contributed by atoms with Crippen molar-refractivity contribution in [3.63, 3.8) is 0 Å². The molecule has 0 aliphatic carbocycles. The Balaban J connectivity index is 2.25. The van der Waals surface area contributed by atoms with E-state index in [4.69, 9.17) is 4.74 Å². The first-order valence-corrected chi connectivity index (χ1v) is 5.26. The van der Waals surface area contributed by atoms with Crippen LogP contribution < -0.4 is 4.74 Å². The van der Waals surface area contributed by atoms with E-state index in [0.717, 1.165) is 4.47 Å². The fraction of sp³-hybridized carbons (Fsp3) is 0.0909. The van der Waals surface area contributed by atoms with Gasteiger partial charge in [-0.3, -0.25) is 0 Å². The van der Waals surface area contributed by atoms with E-state index in [9.17, 15) is 0 Å². The zero-order chi connectivity index (χ0) is 10.7. The highest BCUT2D eigenvalue weighted by Gasteiger charge is 2.03. The quantitative estimate of drug-likeness (QED) is 0.835. The Morgan fingerprint density at radius 1 is 1.20 bits per heavy atom. The SMILES string of the molecule is Cc1ccc(Oc2ncccn2)c(Br)c1. The van der Waals surface area contributed by atoms with Gasteiger partial charge in [0.1, 0.15) is 5.75 Å². The lowest BCUT2D eigenvalue weighted by Gasteiger charge is -2.05. The van der Waals surface area contributed by atoms with E-state index < -0.39 is 0 Å². The summed E-state index contributed by atoms with van der Waals surface area (Å²) in [7, 11) is 0. The molecule has 2 rings (SSSR count). The van der Waals surface area contributed by atoms with Gasteiger partial charge in [0.25, 0.3) is 0 Å². The Bertz CT molecular complexity index is 459. The van der Waals surface area contributed by atoms with Crippen molar-refractivity contribution in [2.75, 3.05) is 0 Å². The third kappa shape index (κ3) is 2.53. The van der Waals surface area contributed by atoms with Crippen molar-refractivity contribution in [3.05, 3.63) is 46.7 Å². The highest BCUT2D eigenvalue weighted by atomic mass is 79.9. The monoisotopic (exact) mass is 264 g/mol. The normalized spacial score (nSPS) is 10.0. The van der Waals surface area contributed by atoms with Gasteiger partial charge in [0.05, 0.1) is 4.47 Å². The van der Waals surface area contributed by atoms with Gasteiger partial charge in [-0.25, -0.2) is 9.97 Å². The number of aromatic nitrogens is 2. The maximum Gasteiger partial charge on any atom is 0.321 e. The average Bonchev–Trinajstić information content (AvgIpc) is 2.24. The number of nitrogens with zero attached hydrogens (tertiary/aromatic N) is 2. The lowest BCUT2D eigenvalue weighted by molar-refractivity contribution is 0.439. The van der Waals surface area contributed by atoms with Crippen LogP contribution in [0.3, 0.4) is 0 Å². The zero-order valence-corrected chi connectivity index (χ0v) is 9.73. The van der Waals surface area contributed by atoms with Crippen LogP contribution in [0.4, 0.5) is 0 Å². The first kappa shape index (κ1) is 10.1. The average molecular weight is 265 g/mol. The molecule has 1 heterocycles. The number of halogens is 1. The Morgan fingerprint density at radius 3 is 2.60 bits per heavy atom. The van der Waals surface area contributed by atoms with Gasteiger partial charge in [0.15, 0.2) is 0 Å². The number of benzene rings is 1. The van der Waals surface area contributed by atoms with Crippen LogP contribution in [0, 0.1) is 6.92 Å². The number of hydrogen-bond acceptors (Lipinski definition) is 3. The van der Waals surface area contributed by atoms with Crippen molar-refractivity contribution in [3.8, 4) is 11.8 Å². The van der Waals surface area contributed by atoms with Gasteiger partial charge in [-0.05, 0) is 46.6 Å². The standard InChI is InChI=1S/C11H9BrN2O/c1-8-3-4-10(9(12)7-8)15-11-13-5-2-6-14-11/h2-7H,1H3. The van der Waals surface area contributed by atoms with Crippen molar-refractivity contribution in [1.82, 2.24) is 9.97 Å². The summed E-state index contributed by atoms with van der Waals surface area (Å²) in [4.78, 5) is 7.97. The molecular formula is C11H9BrN2O. The molecule has 1 aromatic heterocycles. The molecule has 0 saturated heterocycles. The summed E-state index contributed by atoms with van der Waals surface area (Å²) in [5, 5.41) is 0. The van der Waals surface area contributed by atoms with Crippen molar-refractivity contribution in [1.29, 1.82) is 0 Å².